The van der Waals surface area contributed by atoms with Crippen molar-refractivity contribution in [2.24, 2.45) is 5.92 Å². The lowest BCUT2D eigenvalue weighted by Gasteiger charge is -2.43. The SMILES string of the molecule is COc1cc2c(cc1OC)C1(O)C(=O)c3ccc4c(c3OC1CO2)CC(C(C)CO)O4. The van der Waals surface area contributed by atoms with Crippen molar-refractivity contribution in [3.05, 3.63) is 41.0 Å². The van der Waals surface area contributed by atoms with Crippen molar-refractivity contribution in [2.75, 3.05) is 27.4 Å². The Hall–Kier alpha value is -2.97. The van der Waals surface area contributed by atoms with E-state index in [-0.39, 0.29) is 30.8 Å². The van der Waals surface area contributed by atoms with Gasteiger partial charge in [0.2, 0.25) is 5.78 Å². The third-order valence-electron chi connectivity index (χ3n) is 6.43. The second kappa shape index (κ2) is 7.03. The molecule has 0 bridgehead atoms. The first-order chi connectivity index (χ1) is 14.9. The number of aliphatic hydroxyl groups is 2. The number of Topliss-reactive ketones (excluding diaryl/α,β-unsaturated/α-hetero) is 1. The number of methoxy groups -OCH3 is 2. The highest BCUT2D eigenvalue weighted by Gasteiger charge is 2.56. The number of carbonyl (C=O) groups is 1. The maximum Gasteiger partial charge on any atom is 0.206 e. The number of carbonyl (C=O) groups excluding carboxylic acids is 1. The molecule has 0 amide bonds. The van der Waals surface area contributed by atoms with Crippen molar-refractivity contribution in [2.45, 2.75) is 31.2 Å². The summed E-state index contributed by atoms with van der Waals surface area (Å²) in [6.45, 7) is 1.89. The van der Waals surface area contributed by atoms with E-state index in [0.717, 1.165) is 5.56 Å². The summed E-state index contributed by atoms with van der Waals surface area (Å²) in [5.41, 5.74) is -0.580. The molecule has 0 aromatic heterocycles. The molecule has 0 radical (unpaired) electrons. The molecule has 3 heterocycles. The van der Waals surface area contributed by atoms with Gasteiger partial charge in [0.25, 0.3) is 0 Å². The minimum atomic E-state index is -1.92. The monoisotopic (exact) mass is 428 g/mol. The van der Waals surface area contributed by atoms with E-state index < -0.39 is 17.5 Å². The summed E-state index contributed by atoms with van der Waals surface area (Å²) in [6, 6.07) is 6.50. The van der Waals surface area contributed by atoms with Crippen LogP contribution in [0.2, 0.25) is 0 Å². The Morgan fingerprint density at radius 3 is 2.61 bits per heavy atom. The molecule has 164 valence electrons. The Morgan fingerprint density at radius 2 is 1.90 bits per heavy atom. The number of fused-ring (bicyclic) bond motifs is 6. The highest BCUT2D eigenvalue weighted by Crippen LogP contribution is 2.51. The van der Waals surface area contributed by atoms with Gasteiger partial charge in [-0.25, -0.2) is 0 Å². The smallest absolute Gasteiger partial charge is 0.206 e. The third-order valence-corrected chi connectivity index (χ3v) is 6.43. The van der Waals surface area contributed by atoms with Gasteiger partial charge in [-0.2, -0.15) is 0 Å². The fourth-order valence-corrected chi connectivity index (χ4v) is 4.54. The van der Waals surface area contributed by atoms with Crippen LogP contribution in [0.5, 0.6) is 28.7 Å². The van der Waals surface area contributed by atoms with Crippen LogP contribution in [0.4, 0.5) is 0 Å². The Kier molecular flexibility index (Phi) is 4.53. The molecule has 8 heteroatoms. The first kappa shape index (κ1) is 20.0. The number of hydrogen-bond acceptors (Lipinski definition) is 8. The molecule has 3 aliphatic heterocycles. The summed E-state index contributed by atoms with van der Waals surface area (Å²) in [5.74, 6) is 1.68. The standard InChI is InChI=1S/C23H24O8/c1-11(9-24)16-6-13-15(30-16)5-4-12-21(13)31-20-10-29-17-8-19(28-3)18(27-2)7-14(17)23(20,26)22(12)25/h4-5,7-8,11,16,20,24,26H,6,9-10H2,1-3H3. The van der Waals surface area contributed by atoms with Crippen LogP contribution in [0.15, 0.2) is 24.3 Å². The number of hydrogen-bond donors (Lipinski definition) is 2. The van der Waals surface area contributed by atoms with E-state index in [4.69, 9.17) is 23.7 Å². The van der Waals surface area contributed by atoms with Crippen LogP contribution in [0.1, 0.15) is 28.4 Å². The lowest BCUT2D eigenvalue weighted by Crippen LogP contribution is -2.57. The summed E-state index contributed by atoms with van der Waals surface area (Å²) >= 11 is 0. The predicted octanol–water partition coefficient (Wildman–Crippen LogP) is 1.86. The van der Waals surface area contributed by atoms with Crippen molar-refractivity contribution in [1.82, 2.24) is 0 Å². The van der Waals surface area contributed by atoms with Crippen molar-refractivity contribution in [3.63, 3.8) is 0 Å². The Labute approximate surface area is 179 Å². The van der Waals surface area contributed by atoms with Gasteiger partial charge >= 0.3 is 0 Å². The zero-order valence-corrected chi connectivity index (χ0v) is 17.5. The van der Waals surface area contributed by atoms with Gasteiger partial charge in [-0.05, 0) is 18.2 Å². The molecule has 3 aliphatic rings. The highest BCUT2D eigenvalue weighted by molar-refractivity contribution is 6.07. The van der Waals surface area contributed by atoms with Crippen molar-refractivity contribution >= 4 is 5.78 Å². The summed E-state index contributed by atoms with van der Waals surface area (Å²) in [5, 5.41) is 21.1. The average molecular weight is 428 g/mol. The highest BCUT2D eigenvalue weighted by atomic mass is 16.6. The van der Waals surface area contributed by atoms with Crippen molar-refractivity contribution < 1.29 is 38.7 Å². The van der Waals surface area contributed by atoms with Crippen molar-refractivity contribution in [1.29, 1.82) is 0 Å². The van der Waals surface area contributed by atoms with E-state index in [1.807, 2.05) is 6.92 Å². The maximum absolute atomic E-state index is 13.6. The number of ketones is 1. The fraction of sp³-hybridized carbons (Fsp3) is 0.435. The van der Waals surface area contributed by atoms with Crippen LogP contribution < -0.4 is 23.7 Å². The molecule has 31 heavy (non-hydrogen) atoms. The van der Waals surface area contributed by atoms with Gasteiger partial charge in [0.1, 0.15) is 30.0 Å². The van der Waals surface area contributed by atoms with Crippen LogP contribution >= 0.6 is 0 Å². The van der Waals surface area contributed by atoms with Gasteiger partial charge in [-0.1, -0.05) is 6.92 Å². The third kappa shape index (κ3) is 2.71. The van der Waals surface area contributed by atoms with Gasteiger partial charge in [0.15, 0.2) is 23.2 Å². The Bertz CT molecular complexity index is 1060. The number of ether oxygens (including phenoxy) is 5. The lowest BCUT2D eigenvalue weighted by atomic mass is 9.77. The van der Waals surface area contributed by atoms with E-state index in [0.29, 0.717) is 40.7 Å². The molecule has 2 N–H and O–H groups in total. The van der Waals surface area contributed by atoms with Crippen molar-refractivity contribution in [3.8, 4) is 28.7 Å². The summed E-state index contributed by atoms with van der Waals surface area (Å²) < 4.78 is 28.6. The van der Waals surface area contributed by atoms with Gasteiger partial charge < -0.3 is 33.9 Å². The van der Waals surface area contributed by atoms with Gasteiger partial charge in [0, 0.05) is 36.1 Å². The minimum absolute atomic E-state index is 0.00106. The lowest BCUT2D eigenvalue weighted by molar-refractivity contribution is -0.0802. The second-order valence-electron chi connectivity index (χ2n) is 8.16. The number of aliphatic hydroxyl groups excluding tert-OH is 1. The molecule has 4 atom stereocenters. The quantitative estimate of drug-likeness (QED) is 0.761. The molecular formula is C23H24O8. The maximum atomic E-state index is 13.6. The van der Waals surface area contributed by atoms with Gasteiger partial charge in [-0.15, -0.1) is 0 Å². The first-order valence-corrected chi connectivity index (χ1v) is 10.2. The van der Waals surface area contributed by atoms with Crippen LogP contribution in [-0.2, 0) is 12.0 Å². The topological polar surface area (TPSA) is 104 Å². The molecule has 0 saturated heterocycles. The average Bonchev–Trinajstić information content (AvgIpc) is 3.23. The van der Waals surface area contributed by atoms with E-state index in [2.05, 4.69) is 0 Å². The predicted molar refractivity (Wildman–Crippen MR) is 108 cm³/mol. The van der Waals surface area contributed by atoms with Gasteiger partial charge in [-0.3, -0.25) is 4.79 Å². The van der Waals surface area contributed by atoms with E-state index >= 15 is 0 Å². The van der Waals surface area contributed by atoms with Crippen LogP contribution in [0, 0.1) is 5.92 Å². The zero-order chi connectivity index (χ0) is 21.9. The minimum Gasteiger partial charge on any atom is -0.493 e. The Balaban J connectivity index is 1.60. The molecule has 0 saturated carbocycles. The largest absolute Gasteiger partial charge is 0.493 e. The molecule has 8 nitrogen and oxygen atoms in total. The summed E-state index contributed by atoms with van der Waals surface area (Å²) in [6.07, 6.45) is -0.619. The first-order valence-electron chi connectivity index (χ1n) is 10.2. The summed E-state index contributed by atoms with van der Waals surface area (Å²) in [4.78, 5) is 13.6. The Morgan fingerprint density at radius 1 is 1.16 bits per heavy atom. The van der Waals surface area contributed by atoms with E-state index in [1.165, 1.54) is 14.2 Å². The van der Waals surface area contributed by atoms with Crippen LogP contribution in [0.25, 0.3) is 0 Å². The van der Waals surface area contributed by atoms with E-state index in [1.54, 1.807) is 24.3 Å². The molecule has 0 spiro atoms. The van der Waals surface area contributed by atoms with E-state index in [9.17, 15) is 15.0 Å². The molecule has 5 rings (SSSR count). The fourth-order valence-electron chi connectivity index (χ4n) is 4.54. The molecular weight excluding hydrogens is 404 g/mol. The molecule has 4 unspecified atom stereocenters. The molecule has 2 aromatic rings. The van der Waals surface area contributed by atoms with Gasteiger partial charge in [0.05, 0.1) is 19.8 Å². The second-order valence-corrected chi connectivity index (χ2v) is 8.16. The van der Waals surface area contributed by atoms with Crippen LogP contribution in [-0.4, -0.2) is 55.6 Å². The normalized spacial score (nSPS) is 26.3. The summed E-state index contributed by atoms with van der Waals surface area (Å²) in [7, 11) is 2.99. The number of rotatable bonds is 4. The number of benzene rings is 2. The molecule has 0 aliphatic carbocycles. The van der Waals surface area contributed by atoms with Crippen LogP contribution in [0.3, 0.4) is 0 Å². The zero-order valence-electron chi connectivity index (χ0n) is 17.5. The molecule has 2 aromatic carbocycles. The molecule has 0 fully saturated rings.